The first-order valence-electron chi connectivity index (χ1n) is 8.41. The van der Waals surface area contributed by atoms with Crippen molar-refractivity contribution >= 4 is 23.5 Å². The third-order valence-electron chi connectivity index (χ3n) is 3.85. The molecule has 0 saturated carbocycles. The second-order valence-corrected chi connectivity index (χ2v) is 5.91. The van der Waals surface area contributed by atoms with Gasteiger partial charge in [0.2, 0.25) is 0 Å². The molecule has 0 atom stereocenters. The first-order chi connectivity index (χ1) is 13.5. The van der Waals surface area contributed by atoms with Gasteiger partial charge in [0.1, 0.15) is 5.76 Å². The molecule has 8 nitrogen and oxygen atoms in total. The summed E-state index contributed by atoms with van der Waals surface area (Å²) in [6, 6.07) is 12.7. The number of hydrogen-bond acceptors (Lipinski definition) is 6. The molecule has 1 N–H and O–H groups in total. The van der Waals surface area contributed by atoms with Gasteiger partial charge >= 0.3 is 5.97 Å². The van der Waals surface area contributed by atoms with Crippen molar-refractivity contribution in [3.63, 3.8) is 0 Å². The van der Waals surface area contributed by atoms with Gasteiger partial charge in [-0.15, -0.1) is 0 Å². The Morgan fingerprint density at radius 1 is 1.00 bits per heavy atom. The number of benzene rings is 1. The molecule has 8 heteroatoms. The Kier molecular flexibility index (Phi) is 5.91. The van der Waals surface area contributed by atoms with Crippen LogP contribution in [0.1, 0.15) is 26.7 Å². The average molecular weight is 382 g/mol. The van der Waals surface area contributed by atoms with Crippen molar-refractivity contribution in [3.8, 4) is 0 Å². The van der Waals surface area contributed by atoms with E-state index >= 15 is 0 Å². The zero-order valence-corrected chi connectivity index (χ0v) is 15.1. The number of esters is 1. The monoisotopic (exact) mass is 382 g/mol. The topological polar surface area (TPSA) is 102 Å². The number of anilines is 1. The highest BCUT2D eigenvalue weighted by molar-refractivity contribution is 6.02. The fraction of sp³-hybridized carbons (Fsp3) is 0.150. The van der Waals surface area contributed by atoms with Crippen LogP contribution in [0.4, 0.5) is 5.69 Å². The number of rotatable bonds is 7. The van der Waals surface area contributed by atoms with Crippen molar-refractivity contribution < 1.29 is 28.0 Å². The summed E-state index contributed by atoms with van der Waals surface area (Å²) in [6.45, 7) is -0.0968. The summed E-state index contributed by atoms with van der Waals surface area (Å²) < 4.78 is 15.2. The van der Waals surface area contributed by atoms with E-state index < -0.39 is 11.9 Å². The molecule has 2 aromatic heterocycles. The smallest absolute Gasteiger partial charge is 0.338 e. The summed E-state index contributed by atoms with van der Waals surface area (Å²) in [6.07, 6.45) is 2.93. The van der Waals surface area contributed by atoms with E-state index in [0.717, 1.165) is 0 Å². The summed E-state index contributed by atoms with van der Waals surface area (Å²) in [5.41, 5.74) is 0.754. The van der Waals surface area contributed by atoms with Gasteiger partial charge in [-0.25, -0.2) is 4.79 Å². The molecule has 28 heavy (non-hydrogen) atoms. The van der Waals surface area contributed by atoms with Gasteiger partial charge in [-0.3, -0.25) is 9.59 Å². The van der Waals surface area contributed by atoms with E-state index in [1.54, 1.807) is 43.4 Å². The Morgan fingerprint density at radius 3 is 2.36 bits per heavy atom. The molecule has 0 spiro atoms. The number of likely N-dealkylation sites (N-methyl/N-ethyl adjacent to an activating group) is 1. The largest absolute Gasteiger partial charge is 0.467 e. The molecule has 0 aliphatic rings. The molecule has 0 saturated heterocycles. The number of nitrogens with zero attached hydrogens (tertiary/aromatic N) is 1. The number of furan rings is 2. The fourth-order valence-corrected chi connectivity index (χ4v) is 2.34. The van der Waals surface area contributed by atoms with Crippen LogP contribution in [0.5, 0.6) is 0 Å². The maximum Gasteiger partial charge on any atom is 0.338 e. The van der Waals surface area contributed by atoms with Gasteiger partial charge in [0.05, 0.1) is 24.6 Å². The first kappa shape index (κ1) is 19.0. The van der Waals surface area contributed by atoms with Gasteiger partial charge in [0.25, 0.3) is 11.8 Å². The zero-order valence-electron chi connectivity index (χ0n) is 15.1. The highest BCUT2D eigenvalue weighted by atomic mass is 16.5. The van der Waals surface area contributed by atoms with Crippen LogP contribution >= 0.6 is 0 Å². The minimum atomic E-state index is -0.636. The number of hydrogen-bond donors (Lipinski definition) is 1. The average Bonchev–Trinajstić information content (AvgIpc) is 3.40. The van der Waals surface area contributed by atoms with Crippen LogP contribution in [-0.4, -0.2) is 36.3 Å². The van der Waals surface area contributed by atoms with Crippen LogP contribution in [0.25, 0.3) is 0 Å². The molecule has 0 bridgehead atoms. The summed E-state index contributed by atoms with van der Waals surface area (Å²) in [5, 5.41) is 2.64. The molecule has 1 aromatic carbocycles. The molecule has 0 aliphatic heterocycles. The summed E-state index contributed by atoms with van der Waals surface area (Å²) in [7, 11) is 1.59. The Balaban J connectivity index is 1.49. The van der Waals surface area contributed by atoms with Crippen LogP contribution in [0, 0.1) is 0 Å². The third-order valence-corrected chi connectivity index (χ3v) is 3.85. The fourth-order valence-electron chi connectivity index (χ4n) is 2.34. The van der Waals surface area contributed by atoms with E-state index in [9.17, 15) is 14.4 Å². The molecule has 0 radical (unpaired) electrons. The molecule has 2 heterocycles. The number of carbonyl (C=O) groups is 3. The van der Waals surface area contributed by atoms with E-state index in [-0.39, 0.29) is 30.4 Å². The van der Waals surface area contributed by atoms with Crippen molar-refractivity contribution in [1.29, 1.82) is 0 Å². The van der Waals surface area contributed by atoms with Crippen LogP contribution in [0.15, 0.2) is 69.9 Å². The van der Waals surface area contributed by atoms with Crippen LogP contribution < -0.4 is 5.32 Å². The molecule has 2 amide bonds. The predicted octanol–water partition coefficient (Wildman–Crippen LogP) is 2.94. The normalized spacial score (nSPS) is 10.3. The Morgan fingerprint density at radius 2 is 1.71 bits per heavy atom. The lowest BCUT2D eigenvalue weighted by atomic mass is 10.2. The van der Waals surface area contributed by atoms with Crippen molar-refractivity contribution in [1.82, 2.24) is 4.90 Å². The van der Waals surface area contributed by atoms with Crippen LogP contribution in [0.2, 0.25) is 0 Å². The maximum absolute atomic E-state index is 12.1. The van der Waals surface area contributed by atoms with E-state index in [0.29, 0.717) is 11.4 Å². The number of nitrogens with one attached hydrogen (secondary N) is 1. The zero-order chi connectivity index (χ0) is 19.9. The van der Waals surface area contributed by atoms with Gasteiger partial charge in [0.15, 0.2) is 12.4 Å². The molecule has 3 rings (SSSR count). The van der Waals surface area contributed by atoms with Crippen LogP contribution in [-0.2, 0) is 16.1 Å². The highest BCUT2D eigenvalue weighted by Gasteiger charge is 2.15. The van der Waals surface area contributed by atoms with E-state index in [1.165, 1.54) is 29.6 Å². The van der Waals surface area contributed by atoms with Gasteiger partial charge in [0, 0.05) is 12.7 Å². The number of amides is 2. The van der Waals surface area contributed by atoms with Gasteiger partial charge in [-0.05, 0) is 48.5 Å². The lowest BCUT2D eigenvalue weighted by Crippen LogP contribution is -2.30. The van der Waals surface area contributed by atoms with E-state index in [4.69, 9.17) is 13.6 Å². The molecular weight excluding hydrogens is 364 g/mol. The SMILES string of the molecule is CN(Cc1ccco1)C(=O)COC(=O)c1ccc(NC(=O)c2ccco2)cc1. The molecule has 144 valence electrons. The minimum Gasteiger partial charge on any atom is -0.467 e. The van der Waals surface area contributed by atoms with Gasteiger partial charge in [-0.1, -0.05) is 0 Å². The lowest BCUT2D eigenvalue weighted by Gasteiger charge is -2.15. The Bertz CT molecular complexity index is 930. The first-order valence-corrected chi connectivity index (χ1v) is 8.41. The van der Waals surface area contributed by atoms with Crippen molar-refractivity contribution in [2.75, 3.05) is 19.0 Å². The highest BCUT2D eigenvalue weighted by Crippen LogP contribution is 2.13. The second kappa shape index (κ2) is 8.72. The lowest BCUT2D eigenvalue weighted by molar-refractivity contribution is -0.133. The summed E-state index contributed by atoms with van der Waals surface area (Å²) >= 11 is 0. The van der Waals surface area contributed by atoms with Gasteiger partial charge < -0.3 is 23.8 Å². The van der Waals surface area contributed by atoms with Crippen LogP contribution in [0.3, 0.4) is 0 Å². The minimum absolute atomic E-state index is 0.181. The predicted molar refractivity (Wildman–Crippen MR) is 98.6 cm³/mol. The summed E-state index contributed by atoms with van der Waals surface area (Å²) in [4.78, 5) is 37.4. The maximum atomic E-state index is 12.1. The molecular formula is C20H18N2O6. The van der Waals surface area contributed by atoms with Crippen molar-refractivity contribution in [2.24, 2.45) is 0 Å². The van der Waals surface area contributed by atoms with Crippen molar-refractivity contribution in [2.45, 2.75) is 6.54 Å². The standard InChI is InChI=1S/C20H18N2O6/c1-22(12-16-4-2-10-26-16)18(23)13-28-20(25)14-6-8-15(9-7-14)21-19(24)17-5-3-11-27-17/h2-11H,12-13H2,1H3,(H,21,24). The third kappa shape index (κ3) is 4.88. The van der Waals surface area contributed by atoms with Crippen molar-refractivity contribution in [3.05, 3.63) is 78.1 Å². The van der Waals surface area contributed by atoms with E-state index in [1.807, 2.05) is 0 Å². The molecule has 0 aliphatic carbocycles. The molecule has 0 fully saturated rings. The second-order valence-electron chi connectivity index (χ2n) is 5.91. The summed E-state index contributed by atoms with van der Waals surface area (Å²) in [5.74, 6) is -0.573. The molecule has 3 aromatic rings. The van der Waals surface area contributed by atoms with E-state index in [2.05, 4.69) is 5.32 Å². The number of carbonyl (C=O) groups excluding carboxylic acids is 3. The molecule has 0 unspecified atom stereocenters. The quantitative estimate of drug-likeness (QED) is 0.631. The Labute approximate surface area is 160 Å². The number of ether oxygens (including phenoxy) is 1. The Hall–Kier alpha value is -3.81. The van der Waals surface area contributed by atoms with Gasteiger partial charge in [-0.2, -0.15) is 0 Å².